The summed E-state index contributed by atoms with van der Waals surface area (Å²) in [6.45, 7) is 11.6. The largest absolute Gasteiger partial charge is 0.354 e. The van der Waals surface area contributed by atoms with E-state index in [0.29, 0.717) is 12.2 Å². The van der Waals surface area contributed by atoms with Gasteiger partial charge < -0.3 is 10.2 Å². The second-order valence-corrected chi connectivity index (χ2v) is 12.2. The van der Waals surface area contributed by atoms with Crippen LogP contribution in [0.25, 0.3) is 0 Å². The number of aryl methyl sites for hydroxylation is 3. The molecule has 0 bridgehead atoms. The molecule has 3 aromatic carbocycles. The molecule has 0 saturated carbocycles. The summed E-state index contributed by atoms with van der Waals surface area (Å²) < 4.78 is 29.0. The molecule has 0 radical (unpaired) electrons. The Bertz CT molecular complexity index is 1400. The van der Waals surface area contributed by atoms with Crippen LogP contribution in [0.5, 0.6) is 0 Å². The van der Waals surface area contributed by atoms with E-state index in [1.165, 1.54) is 17.0 Å². The lowest BCUT2D eigenvalue weighted by Crippen LogP contribution is -2.51. The number of hydrogen-bond acceptors (Lipinski definition) is 4. The van der Waals surface area contributed by atoms with Gasteiger partial charge >= 0.3 is 0 Å². The highest BCUT2D eigenvalue weighted by atomic mass is 32.2. The number of nitrogens with one attached hydrogen (secondary N) is 1. The van der Waals surface area contributed by atoms with Crippen molar-refractivity contribution in [2.75, 3.05) is 17.4 Å². The Hall–Kier alpha value is -3.65. The van der Waals surface area contributed by atoms with Crippen molar-refractivity contribution in [1.82, 2.24) is 10.2 Å². The molecular weight excluding hydrogens is 510 g/mol. The second kappa shape index (κ2) is 12.9. The summed E-state index contributed by atoms with van der Waals surface area (Å²) in [7, 11) is -4.08. The van der Waals surface area contributed by atoms with E-state index in [-0.39, 0.29) is 23.3 Å². The quantitative estimate of drug-likeness (QED) is 0.365. The SMILES string of the molecule is Cc1ccc(N(CC(=O)N(Cc2ccccc2C)C(C)C(=O)NCC(C)C)S(=O)(=O)c2ccccc2)c(C)c1. The highest BCUT2D eigenvalue weighted by molar-refractivity contribution is 7.92. The molecule has 0 aliphatic rings. The molecule has 1 unspecified atom stereocenters. The first-order valence-corrected chi connectivity index (χ1v) is 14.6. The number of amides is 2. The first-order chi connectivity index (χ1) is 18.4. The number of rotatable bonds is 11. The van der Waals surface area contributed by atoms with Gasteiger partial charge in [-0.2, -0.15) is 0 Å². The van der Waals surface area contributed by atoms with E-state index in [1.807, 2.05) is 71.0 Å². The van der Waals surface area contributed by atoms with Crippen molar-refractivity contribution in [3.05, 3.63) is 95.1 Å². The maximum atomic E-state index is 14.0. The van der Waals surface area contributed by atoms with Gasteiger partial charge in [0, 0.05) is 13.1 Å². The monoisotopic (exact) mass is 549 g/mol. The van der Waals surface area contributed by atoms with Crippen molar-refractivity contribution in [3.63, 3.8) is 0 Å². The van der Waals surface area contributed by atoms with Gasteiger partial charge in [-0.15, -0.1) is 0 Å². The van der Waals surface area contributed by atoms with E-state index in [1.54, 1.807) is 31.2 Å². The van der Waals surface area contributed by atoms with Crippen molar-refractivity contribution < 1.29 is 18.0 Å². The Labute approximate surface area is 232 Å². The summed E-state index contributed by atoms with van der Waals surface area (Å²) in [4.78, 5) is 28.7. The zero-order valence-electron chi connectivity index (χ0n) is 23.6. The van der Waals surface area contributed by atoms with E-state index >= 15 is 0 Å². The van der Waals surface area contributed by atoms with Crippen LogP contribution in [0, 0.1) is 26.7 Å². The zero-order valence-corrected chi connectivity index (χ0v) is 24.5. The van der Waals surface area contributed by atoms with Crippen LogP contribution in [0.4, 0.5) is 5.69 Å². The van der Waals surface area contributed by atoms with E-state index in [4.69, 9.17) is 0 Å². The predicted octanol–water partition coefficient (Wildman–Crippen LogP) is 5.00. The van der Waals surface area contributed by atoms with Crippen LogP contribution >= 0.6 is 0 Å². The fourth-order valence-electron chi connectivity index (χ4n) is 4.32. The van der Waals surface area contributed by atoms with E-state index in [0.717, 1.165) is 26.6 Å². The summed E-state index contributed by atoms with van der Waals surface area (Å²) in [6.07, 6.45) is 0. The van der Waals surface area contributed by atoms with Gasteiger partial charge in [-0.1, -0.05) is 74.0 Å². The average molecular weight is 550 g/mol. The fourth-order valence-corrected chi connectivity index (χ4v) is 5.82. The number of nitrogens with zero attached hydrogens (tertiary/aromatic N) is 2. The third-order valence-electron chi connectivity index (χ3n) is 6.68. The lowest BCUT2D eigenvalue weighted by atomic mass is 10.1. The van der Waals surface area contributed by atoms with Crippen molar-refractivity contribution in [3.8, 4) is 0 Å². The van der Waals surface area contributed by atoms with Gasteiger partial charge in [-0.05, 0) is 68.5 Å². The van der Waals surface area contributed by atoms with E-state index in [9.17, 15) is 18.0 Å². The minimum Gasteiger partial charge on any atom is -0.354 e. The van der Waals surface area contributed by atoms with Gasteiger partial charge in [-0.3, -0.25) is 13.9 Å². The maximum Gasteiger partial charge on any atom is 0.264 e. The van der Waals surface area contributed by atoms with Gasteiger partial charge in [0.05, 0.1) is 10.6 Å². The number of carbonyl (C=O) groups is 2. The number of anilines is 1. The van der Waals surface area contributed by atoms with Crippen LogP contribution in [-0.2, 0) is 26.2 Å². The van der Waals surface area contributed by atoms with Gasteiger partial charge in [0.15, 0.2) is 0 Å². The Balaban J connectivity index is 2.04. The highest BCUT2D eigenvalue weighted by Crippen LogP contribution is 2.28. The van der Waals surface area contributed by atoms with Crippen molar-refractivity contribution in [2.24, 2.45) is 5.92 Å². The first kappa shape index (κ1) is 29.9. The van der Waals surface area contributed by atoms with Crippen LogP contribution in [0.1, 0.15) is 43.0 Å². The Morgan fingerprint density at radius 2 is 1.49 bits per heavy atom. The van der Waals surface area contributed by atoms with Gasteiger partial charge in [0.1, 0.15) is 12.6 Å². The molecular formula is C31H39N3O4S. The van der Waals surface area contributed by atoms with Gasteiger partial charge in [-0.25, -0.2) is 8.42 Å². The Morgan fingerprint density at radius 1 is 0.846 bits per heavy atom. The lowest BCUT2D eigenvalue weighted by Gasteiger charge is -2.33. The predicted molar refractivity (Wildman–Crippen MR) is 156 cm³/mol. The summed E-state index contributed by atoms with van der Waals surface area (Å²) in [5.41, 5.74) is 4.00. The molecule has 1 N–H and O–H groups in total. The second-order valence-electron chi connectivity index (χ2n) is 10.4. The van der Waals surface area contributed by atoms with Crippen molar-refractivity contribution >= 4 is 27.5 Å². The summed E-state index contributed by atoms with van der Waals surface area (Å²) in [5, 5.41) is 2.91. The molecule has 1 atom stereocenters. The lowest BCUT2D eigenvalue weighted by molar-refractivity contribution is -0.139. The average Bonchev–Trinajstić information content (AvgIpc) is 2.90. The summed E-state index contributed by atoms with van der Waals surface area (Å²) >= 11 is 0. The van der Waals surface area contributed by atoms with Crippen LogP contribution < -0.4 is 9.62 Å². The van der Waals surface area contributed by atoms with Gasteiger partial charge in [0.25, 0.3) is 10.0 Å². The molecule has 39 heavy (non-hydrogen) atoms. The molecule has 208 valence electrons. The number of benzene rings is 3. The van der Waals surface area contributed by atoms with Crippen LogP contribution in [-0.4, -0.2) is 44.3 Å². The molecule has 0 spiro atoms. The normalized spacial score (nSPS) is 12.2. The Kier molecular flexibility index (Phi) is 9.92. The molecule has 0 heterocycles. The molecule has 0 aromatic heterocycles. The molecule has 8 heteroatoms. The smallest absolute Gasteiger partial charge is 0.264 e. The Morgan fingerprint density at radius 3 is 2.10 bits per heavy atom. The highest BCUT2D eigenvalue weighted by Gasteiger charge is 2.33. The minimum absolute atomic E-state index is 0.0888. The van der Waals surface area contributed by atoms with Gasteiger partial charge in [0.2, 0.25) is 11.8 Å². The third-order valence-corrected chi connectivity index (χ3v) is 8.46. The molecule has 0 saturated heterocycles. The van der Waals surface area contributed by atoms with Crippen LogP contribution in [0.2, 0.25) is 0 Å². The van der Waals surface area contributed by atoms with E-state index in [2.05, 4.69) is 5.32 Å². The first-order valence-electron chi connectivity index (χ1n) is 13.2. The standard InChI is InChI=1S/C31H39N3O4S/c1-22(2)19-32-31(36)26(6)33(20-27-13-11-10-12-24(27)4)30(35)21-34(29-17-16-23(3)18-25(29)5)39(37,38)28-14-8-7-9-15-28/h7-18,22,26H,19-21H2,1-6H3,(H,32,36). The topological polar surface area (TPSA) is 86.8 Å². The fraction of sp³-hybridized carbons (Fsp3) is 0.355. The van der Waals surface area contributed by atoms with E-state index < -0.39 is 28.5 Å². The number of sulfonamides is 1. The van der Waals surface area contributed by atoms with Crippen molar-refractivity contribution in [2.45, 2.75) is 59.0 Å². The third kappa shape index (κ3) is 7.47. The summed E-state index contributed by atoms with van der Waals surface area (Å²) in [6, 6.07) is 20.4. The molecule has 0 aliphatic carbocycles. The summed E-state index contributed by atoms with van der Waals surface area (Å²) in [5.74, 6) is -0.503. The molecule has 3 rings (SSSR count). The maximum absolute atomic E-state index is 14.0. The molecule has 7 nitrogen and oxygen atoms in total. The number of carbonyl (C=O) groups excluding carboxylic acids is 2. The number of hydrogen-bond donors (Lipinski definition) is 1. The molecule has 0 fully saturated rings. The molecule has 2 amide bonds. The van der Waals surface area contributed by atoms with Crippen LogP contribution in [0.15, 0.2) is 77.7 Å². The molecule has 0 aliphatic heterocycles. The van der Waals surface area contributed by atoms with Crippen LogP contribution in [0.3, 0.4) is 0 Å². The molecule has 3 aromatic rings. The minimum atomic E-state index is -4.08. The van der Waals surface area contributed by atoms with Crippen molar-refractivity contribution in [1.29, 1.82) is 0 Å². The zero-order chi connectivity index (χ0) is 28.7.